The number of carbonyl (C=O) groups excluding carboxylic acids is 2. The zero-order chi connectivity index (χ0) is 20.5. The Morgan fingerprint density at radius 3 is 2.41 bits per heavy atom. The summed E-state index contributed by atoms with van der Waals surface area (Å²) in [7, 11) is 0. The summed E-state index contributed by atoms with van der Waals surface area (Å²) in [6, 6.07) is 12.7. The number of aliphatic hydroxyl groups is 1. The highest BCUT2D eigenvalue weighted by atomic mass is 16.5. The van der Waals surface area contributed by atoms with Gasteiger partial charge < -0.3 is 19.8 Å². The Morgan fingerprint density at radius 2 is 1.79 bits per heavy atom. The lowest BCUT2D eigenvalue weighted by Gasteiger charge is -2.27. The first-order chi connectivity index (χ1) is 14.0. The average Bonchev–Trinajstić information content (AvgIpc) is 3.31. The normalized spacial score (nSPS) is 23.7. The van der Waals surface area contributed by atoms with Crippen molar-refractivity contribution >= 4 is 17.4 Å². The molecule has 0 aromatic heterocycles. The average molecular weight is 393 g/mol. The Labute approximate surface area is 169 Å². The number of aryl methyl sites for hydroxylation is 1. The van der Waals surface area contributed by atoms with Gasteiger partial charge >= 0.3 is 0 Å². The molecule has 150 valence electrons. The molecule has 2 saturated heterocycles. The number of ketones is 1. The summed E-state index contributed by atoms with van der Waals surface area (Å²) < 4.78 is 5.67. The number of benzene rings is 2. The first kappa shape index (κ1) is 19.2. The van der Waals surface area contributed by atoms with Gasteiger partial charge in [-0.05, 0) is 37.5 Å². The highest BCUT2D eigenvalue weighted by Crippen LogP contribution is 2.40. The predicted molar refractivity (Wildman–Crippen MR) is 107 cm³/mol. The molecule has 0 aliphatic carbocycles. The van der Waals surface area contributed by atoms with E-state index >= 15 is 0 Å². The molecule has 2 aliphatic rings. The first-order valence-electron chi connectivity index (χ1n) is 9.71. The highest BCUT2D eigenvalue weighted by Gasteiger charge is 2.47. The van der Waals surface area contributed by atoms with E-state index < -0.39 is 17.7 Å². The van der Waals surface area contributed by atoms with Crippen LogP contribution in [0.4, 0.5) is 0 Å². The van der Waals surface area contributed by atoms with Crippen LogP contribution in [0, 0.1) is 6.92 Å². The largest absolute Gasteiger partial charge is 0.508 e. The fourth-order valence-electron chi connectivity index (χ4n) is 3.95. The van der Waals surface area contributed by atoms with Crippen molar-refractivity contribution in [2.75, 3.05) is 13.2 Å². The van der Waals surface area contributed by atoms with Gasteiger partial charge in [0.2, 0.25) is 0 Å². The molecule has 0 bridgehead atoms. The molecular formula is C23H23NO5. The zero-order valence-electron chi connectivity index (χ0n) is 16.2. The van der Waals surface area contributed by atoms with E-state index in [4.69, 9.17) is 4.74 Å². The van der Waals surface area contributed by atoms with Gasteiger partial charge in [-0.25, -0.2) is 0 Å². The van der Waals surface area contributed by atoms with Crippen molar-refractivity contribution in [2.24, 2.45) is 0 Å². The van der Waals surface area contributed by atoms with Crippen LogP contribution in [0.5, 0.6) is 5.75 Å². The second kappa shape index (κ2) is 7.72. The molecule has 6 heteroatoms. The summed E-state index contributed by atoms with van der Waals surface area (Å²) in [6.07, 6.45) is 1.61. The van der Waals surface area contributed by atoms with E-state index in [1.807, 2.05) is 19.1 Å². The van der Waals surface area contributed by atoms with Crippen LogP contribution < -0.4 is 0 Å². The summed E-state index contributed by atoms with van der Waals surface area (Å²) >= 11 is 0. The number of carbonyl (C=O) groups is 2. The van der Waals surface area contributed by atoms with Crippen molar-refractivity contribution in [1.29, 1.82) is 0 Å². The molecule has 4 rings (SSSR count). The molecule has 2 aromatic carbocycles. The Morgan fingerprint density at radius 1 is 1.10 bits per heavy atom. The van der Waals surface area contributed by atoms with E-state index in [9.17, 15) is 19.8 Å². The standard InChI is InChI=1S/C23H23NO5/c1-14-4-6-16(7-5-14)21(26)19-20(15-8-10-17(25)11-9-15)24(23(28)22(19)27)13-18-3-2-12-29-18/h4-11,18,20,25-26H,2-3,12-13H2,1H3/t18-,20-/m1/s1. The van der Waals surface area contributed by atoms with Gasteiger partial charge in [0.25, 0.3) is 11.7 Å². The Hall–Kier alpha value is -3.12. The number of likely N-dealkylation sites (tertiary alicyclic amines) is 1. The molecule has 29 heavy (non-hydrogen) atoms. The van der Waals surface area contributed by atoms with Gasteiger partial charge in [0.15, 0.2) is 0 Å². The smallest absolute Gasteiger partial charge is 0.295 e. The maximum absolute atomic E-state index is 12.9. The third kappa shape index (κ3) is 3.63. The number of phenolic OH excluding ortho intramolecular Hbond substituents is 1. The number of Topliss-reactive ketones (excluding diaryl/α,β-unsaturated/α-hetero) is 1. The molecule has 2 fully saturated rings. The maximum Gasteiger partial charge on any atom is 0.295 e. The molecule has 6 nitrogen and oxygen atoms in total. The van der Waals surface area contributed by atoms with Crippen LogP contribution in [0.3, 0.4) is 0 Å². The Bertz CT molecular complexity index is 956. The number of hydrogen-bond donors (Lipinski definition) is 2. The maximum atomic E-state index is 12.9. The van der Waals surface area contributed by atoms with Gasteiger partial charge in [0, 0.05) is 18.7 Å². The summed E-state index contributed by atoms with van der Waals surface area (Å²) in [4.78, 5) is 27.3. The fraction of sp³-hybridized carbons (Fsp3) is 0.304. The van der Waals surface area contributed by atoms with Crippen LogP contribution in [-0.4, -0.2) is 46.1 Å². The van der Waals surface area contributed by atoms with Crippen molar-refractivity contribution in [2.45, 2.75) is 31.9 Å². The van der Waals surface area contributed by atoms with Crippen molar-refractivity contribution in [1.82, 2.24) is 4.90 Å². The lowest BCUT2D eigenvalue weighted by Crippen LogP contribution is -2.36. The molecule has 0 radical (unpaired) electrons. The number of amides is 1. The molecule has 0 unspecified atom stereocenters. The minimum absolute atomic E-state index is 0.0579. The van der Waals surface area contributed by atoms with Gasteiger partial charge in [-0.15, -0.1) is 0 Å². The third-order valence-electron chi connectivity index (χ3n) is 5.50. The van der Waals surface area contributed by atoms with E-state index in [-0.39, 0.29) is 29.7 Å². The van der Waals surface area contributed by atoms with Gasteiger partial charge in [-0.1, -0.05) is 42.0 Å². The number of hydrogen-bond acceptors (Lipinski definition) is 5. The molecule has 2 heterocycles. The monoisotopic (exact) mass is 393 g/mol. The van der Waals surface area contributed by atoms with Gasteiger partial charge in [0.05, 0.1) is 17.7 Å². The van der Waals surface area contributed by atoms with Crippen LogP contribution in [0.15, 0.2) is 54.1 Å². The van der Waals surface area contributed by atoms with Gasteiger partial charge in [-0.3, -0.25) is 9.59 Å². The topological polar surface area (TPSA) is 87.1 Å². The summed E-state index contributed by atoms with van der Waals surface area (Å²) in [5.74, 6) is -1.47. The molecule has 2 N–H and O–H groups in total. The van der Waals surface area contributed by atoms with Crippen LogP contribution in [0.25, 0.3) is 5.76 Å². The molecule has 2 aliphatic heterocycles. The van der Waals surface area contributed by atoms with Crippen molar-refractivity contribution in [3.05, 3.63) is 70.8 Å². The van der Waals surface area contributed by atoms with E-state index in [0.717, 1.165) is 18.4 Å². The van der Waals surface area contributed by atoms with Crippen molar-refractivity contribution < 1.29 is 24.5 Å². The first-order valence-corrected chi connectivity index (χ1v) is 9.71. The fourth-order valence-corrected chi connectivity index (χ4v) is 3.95. The SMILES string of the molecule is Cc1ccc(C(O)=C2C(=O)C(=O)N(C[C@H]3CCCO3)[C@@H]2c2ccc(O)cc2)cc1. The Kier molecular flexibility index (Phi) is 5.11. The number of phenols is 1. The third-order valence-corrected chi connectivity index (χ3v) is 5.50. The van der Waals surface area contributed by atoms with E-state index in [0.29, 0.717) is 17.7 Å². The van der Waals surface area contributed by atoms with E-state index in [1.54, 1.807) is 24.3 Å². The Balaban J connectivity index is 1.81. The van der Waals surface area contributed by atoms with Crippen molar-refractivity contribution in [3.8, 4) is 5.75 Å². The number of aromatic hydroxyl groups is 1. The zero-order valence-corrected chi connectivity index (χ0v) is 16.2. The summed E-state index contributed by atoms with van der Waals surface area (Å²) in [5.41, 5.74) is 2.21. The van der Waals surface area contributed by atoms with E-state index in [1.165, 1.54) is 17.0 Å². The molecule has 2 aromatic rings. The molecule has 0 saturated carbocycles. The van der Waals surface area contributed by atoms with Gasteiger partial charge in [-0.2, -0.15) is 0 Å². The minimum Gasteiger partial charge on any atom is -0.508 e. The number of aliphatic hydroxyl groups excluding tert-OH is 1. The second-order valence-corrected chi connectivity index (χ2v) is 7.54. The quantitative estimate of drug-likeness (QED) is 0.473. The number of rotatable bonds is 4. The lowest BCUT2D eigenvalue weighted by molar-refractivity contribution is -0.140. The number of ether oxygens (including phenoxy) is 1. The van der Waals surface area contributed by atoms with Crippen LogP contribution in [-0.2, 0) is 14.3 Å². The molecule has 2 atom stereocenters. The highest BCUT2D eigenvalue weighted by molar-refractivity contribution is 6.46. The van der Waals surface area contributed by atoms with Crippen LogP contribution in [0.1, 0.15) is 35.6 Å². The predicted octanol–water partition coefficient (Wildman–Crippen LogP) is 3.30. The van der Waals surface area contributed by atoms with E-state index in [2.05, 4.69) is 0 Å². The lowest BCUT2D eigenvalue weighted by atomic mass is 9.95. The van der Waals surface area contributed by atoms with Crippen molar-refractivity contribution in [3.63, 3.8) is 0 Å². The molecule has 0 spiro atoms. The molecular weight excluding hydrogens is 370 g/mol. The second-order valence-electron chi connectivity index (χ2n) is 7.54. The molecule has 1 amide bonds. The summed E-state index contributed by atoms with van der Waals surface area (Å²) in [5, 5.41) is 20.6. The van der Waals surface area contributed by atoms with Gasteiger partial charge in [0.1, 0.15) is 11.5 Å². The van der Waals surface area contributed by atoms with Crippen LogP contribution >= 0.6 is 0 Å². The van der Waals surface area contributed by atoms with Crippen LogP contribution in [0.2, 0.25) is 0 Å². The summed E-state index contributed by atoms with van der Waals surface area (Å²) in [6.45, 7) is 2.85. The minimum atomic E-state index is -0.735. The number of nitrogens with zero attached hydrogens (tertiary/aromatic N) is 1.